The Balaban J connectivity index is 2.12. The normalized spacial score (nSPS) is 11.9. The summed E-state index contributed by atoms with van der Waals surface area (Å²) in [6, 6.07) is 7.10. The van der Waals surface area contributed by atoms with Crippen molar-refractivity contribution in [3.05, 3.63) is 75.6 Å². The molecule has 0 saturated heterocycles. The Kier molecular flexibility index (Phi) is 6.75. The van der Waals surface area contributed by atoms with Crippen LogP contribution in [0.2, 0.25) is 0 Å². The van der Waals surface area contributed by atoms with Crippen molar-refractivity contribution >= 4 is 16.0 Å². The molecule has 0 aliphatic carbocycles. The highest BCUT2D eigenvalue weighted by molar-refractivity contribution is 7.88. The maximum Gasteiger partial charge on any atom is 0.534 e. The summed E-state index contributed by atoms with van der Waals surface area (Å²) < 4.78 is 80.7. The zero-order chi connectivity index (χ0) is 26.3. The highest BCUT2D eigenvalue weighted by Crippen LogP contribution is 2.29. The second-order valence-electron chi connectivity index (χ2n) is 7.71. The minimum atomic E-state index is -5.97. The van der Waals surface area contributed by atoms with Crippen LogP contribution in [0.5, 0.6) is 5.75 Å². The quantitative estimate of drug-likeness (QED) is 0.294. The number of aryl methyl sites for hydroxylation is 2. The smallest absolute Gasteiger partial charge is 0.376 e. The number of pyridine rings is 2. The first-order valence-electron chi connectivity index (χ1n) is 9.86. The number of carbonyl (C=O) groups excluding carboxylic acids is 1. The first kappa shape index (κ1) is 25.9. The minimum Gasteiger partial charge on any atom is -0.376 e. The second kappa shape index (κ2) is 9.13. The van der Waals surface area contributed by atoms with E-state index in [4.69, 9.17) is 0 Å². The molecule has 3 rings (SSSR count). The van der Waals surface area contributed by atoms with Crippen LogP contribution < -0.4 is 9.74 Å². The van der Waals surface area contributed by atoms with Crippen LogP contribution in [0.3, 0.4) is 0 Å². The summed E-state index contributed by atoms with van der Waals surface area (Å²) >= 11 is 0. The van der Waals surface area contributed by atoms with Crippen LogP contribution >= 0.6 is 0 Å². The van der Waals surface area contributed by atoms with E-state index in [0.717, 1.165) is 10.6 Å². The third-order valence-electron chi connectivity index (χ3n) is 4.91. The van der Waals surface area contributed by atoms with E-state index in [1.807, 2.05) is 0 Å². The van der Waals surface area contributed by atoms with Gasteiger partial charge in [0.25, 0.3) is 11.5 Å². The summed E-state index contributed by atoms with van der Waals surface area (Å²) in [7, 11) is -3.02. The van der Waals surface area contributed by atoms with Crippen LogP contribution in [0, 0.1) is 19.7 Å². The van der Waals surface area contributed by atoms with Gasteiger partial charge in [0.2, 0.25) is 0 Å². The molecule has 0 fully saturated rings. The summed E-state index contributed by atoms with van der Waals surface area (Å²) in [5, 5.41) is 0. The molecule has 13 heteroatoms. The molecule has 1 aromatic carbocycles. The lowest BCUT2D eigenvalue weighted by molar-refractivity contribution is -0.0500. The molecule has 0 N–H and O–H groups in total. The number of halogens is 4. The minimum absolute atomic E-state index is 0.0131. The van der Waals surface area contributed by atoms with E-state index < -0.39 is 38.7 Å². The molecule has 3 aromatic rings. The largest absolute Gasteiger partial charge is 0.534 e. The van der Waals surface area contributed by atoms with Crippen LogP contribution in [-0.2, 0) is 10.1 Å². The molecule has 2 heterocycles. The standard InChI is InChI=1S/C22H19F4N3O5S/c1-12-11-27-17(15-6-5-7-16(20(15)23)21(31)28(3)4)10-18(12)29-13(2)8-14(9-19(29)30)34-35(32,33)22(24,25)26/h5-11H,1-4H3. The zero-order valence-electron chi connectivity index (χ0n) is 18.8. The fourth-order valence-electron chi connectivity index (χ4n) is 3.24. The van der Waals surface area contributed by atoms with Crippen molar-refractivity contribution < 1.29 is 35.0 Å². The number of alkyl halides is 3. The average molecular weight is 513 g/mol. The molecule has 2 aromatic heterocycles. The van der Waals surface area contributed by atoms with Crippen LogP contribution in [0.1, 0.15) is 21.6 Å². The first-order valence-corrected chi connectivity index (χ1v) is 11.3. The van der Waals surface area contributed by atoms with E-state index in [2.05, 4.69) is 9.17 Å². The van der Waals surface area contributed by atoms with Crippen molar-refractivity contribution in [3.8, 4) is 22.7 Å². The Hall–Kier alpha value is -3.74. The Bertz CT molecular complexity index is 1480. The predicted molar refractivity (Wildman–Crippen MR) is 118 cm³/mol. The van der Waals surface area contributed by atoms with Gasteiger partial charge in [-0.3, -0.25) is 19.1 Å². The van der Waals surface area contributed by atoms with Crippen molar-refractivity contribution in [2.75, 3.05) is 14.1 Å². The average Bonchev–Trinajstić information content (AvgIpc) is 2.73. The fraction of sp³-hybridized carbons (Fsp3) is 0.227. The Morgan fingerprint density at radius 3 is 2.34 bits per heavy atom. The molecule has 8 nitrogen and oxygen atoms in total. The van der Waals surface area contributed by atoms with Crippen molar-refractivity contribution in [2.45, 2.75) is 19.4 Å². The molecular weight excluding hydrogens is 494 g/mol. The molecule has 0 saturated carbocycles. The fourth-order valence-corrected chi connectivity index (χ4v) is 3.68. The molecule has 186 valence electrons. The third kappa shape index (κ3) is 5.04. The maximum atomic E-state index is 15.1. The molecule has 35 heavy (non-hydrogen) atoms. The predicted octanol–water partition coefficient (Wildman–Crippen LogP) is 3.59. The Morgan fingerprint density at radius 1 is 1.11 bits per heavy atom. The lowest BCUT2D eigenvalue weighted by Crippen LogP contribution is -2.29. The number of benzene rings is 1. The number of aromatic nitrogens is 2. The van der Waals surface area contributed by atoms with Crippen LogP contribution in [0.4, 0.5) is 17.6 Å². The van der Waals surface area contributed by atoms with E-state index in [1.165, 1.54) is 56.4 Å². The lowest BCUT2D eigenvalue weighted by atomic mass is 10.0. The second-order valence-corrected chi connectivity index (χ2v) is 9.25. The number of rotatable bonds is 5. The highest BCUT2D eigenvalue weighted by Gasteiger charge is 2.48. The SMILES string of the molecule is Cc1cnc(-c2cccc(C(=O)N(C)C)c2F)cc1-n1c(C)cc(OS(=O)(=O)C(F)(F)F)cc1=O. The Labute approximate surface area is 197 Å². The monoisotopic (exact) mass is 513 g/mol. The summed E-state index contributed by atoms with van der Waals surface area (Å²) in [6.45, 7) is 2.95. The van der Waals surface area contributed by atoms with Gasteiger partial charge in [0.1, 0.15) is 11.6 Å². The van der Waals surface area contributed by atoms with Gasteiger partial charge in [0.15, 0.2) is 0 Å². The number of hydrogen-bond donors (Lipinski definition) is 0. The van der Waals surface area contributed by atoms with E-state index in [0.29, 0.717) is 11.6 Å². The number of hydrogen-bond acceptors (Lipinski definition) is 6. The molecule has 0 bridgehead atoms. The molecule has 0 radical (unpaired) electrons. The van der Waals surface area contributed by atoms with Crippen LogP contribution in [0.25, 0.3) is 16.9 Å². The van der Waals surface area contributed by atoms with Gasteiger partial charge >= 0.3 is 15.6 Å². The summed E-state index contributed by atoms with van der Waals surface area (Å²) in [6.07, 6.45) is 1.36. The Morgan fingerprint density at radius 2 is 1.77 bits per heavy atom. The van der Waals surface area contributed by atoms with Gasteiger partial charge in [0.05, 0.1) is 16.9 Å². The first-order chi connectivity index (χ1) is 16.1. The summed E-state index contributed by atoms with van der Waals surface area (Å²) in [5.41, 5.74) is -5.96. The van der Waals surface area contributed by atoms with Gasteiger partial charge in [-0.25, -0.2) is 4.39 Å². The molecule has 1 amide bonds. The molecule has 0 atom stereocenters. The van der Waals surface area contributed by atoms with Crippen LogP contribution in [0.15, 0.2) is 47.4 Å². The van der Waals surface area contributed by atoms with E-state index in [-0.39, 0.29) is 28.2 Å². The van der Waals surface area contributed by atoms with E-state index in [1.54, 1.807) is 6.92 Å². The number of nitrogens with zero attached hydrogens (tertiary/aromatic N) is 3. The van der Waals surface area contributed by atoms with Gasteiger partial charge in [-0.15, -0.1) is 0 Å². The molecule has 0 aliphatic heterocycles. The summed E-state index contributed by atoms with van der Waals surface area (Å²) in [5.74, 6) is -2.19. The summed E-state index contributed by atoms with van der Waals surface area (Å²) in [4.78, 5) is 30.4. The van der Waals surface area contributed by atoms with Gasteiger partial charge in [-0.1, -0.05) is 6.07 Å². The van der Waals surface area contributed by atoms with Gasteiger partial charge in [0, 0.05) is 43.7 Å². The van der Waals surface area contributed by atoms with Gasteiger partial charge in [-0.05, 0) is 37.6 Å². The van der Waals surface area contributed by atoms with Gasteiger partial charge < -0.3 is 9.08 Å². The topological polar surface area (TPSA) is 98.6 Å². The van der Waals surface area contributed by atoms with E-state index >= 15 is 4.39 Å². The molecule has 0 unspecified atom stereocenters. The molecule has 0 spiro atoms. The van der Waals surface area contributed by atoms with Crippen molar-refractivity contribution in [1.82, 2.24) is 14.5 Å². The van der Waals surface area contributed by atoms with E-state index in [9.17, 15) is 31.2 Å². The number of carbonyl (C=O) groups is 1. The maximum absolute atomic E-state index is 15.1. The van der Waals surface area contributed by atoms with Gasteiger partial charge in [-0.2, -0.15) is 21.6 Å². The van der Waals surface area contributed by atoms with Crippen molar-refractivity contribution in [3.63, 3.8) is 0 Å². The lowest BCUT2D eigenvalue weighted by Gasteiger charge is -2.16. The highest BCUT2D eigenvalue weighted by atomic mass is 32.2. The molecular formula is C22H19F4N3O5S. The van der Waals surface area contributed by atoms with Crippen molar-refractivity contribution in [1.29, 1.82) is 0 Å². The molecule has 0 aliphatic rings. The van der Waals surface area contributed by atoms with Crippen LogP contribution in [-0.4, -0.2) is 48.4 Å². The van der Waals surface area contributed by atoms with Crippen molar-refractivity contribution in [2.24, 2.45) is 0 Å². The third-order valence-corrected chi connectivity index (χ3v) is 5.89. The zero-order valence-corrected chi connectivity index (χ0v) is 19.7. The number of amides is 1.